The molecule has 0 saturated carbocycles. The molecule has 2 aromatic heterocycles. The van der Waals surface area contributed by atoms with Crippen molar-refractivity contribution >= 4 is 29.0 Å². The molecule has 1 amide bonds. The molecule has 0 aliphatic rings. The zero-order valence-corrected chi connectivity index (χ0v) is 30.6. The highest BCUT2D eigenvalue weighted by Crippen LogP contribution is 2.31. The van der Waals surface area contributed by atoms with Crippen LogP contribution in [0.15, 0.2) is 73.1 Å². The van der Waals surface area contributed by atoms with Gasteiger partial charge in [-0.1, -0.05) is 89.8 Å². The predicted molar refractivity (Wildman–Crippen MR) is 198 cm³/mol. The van der Waals surface area contributed by atoms with Gasteiger partial charge in [0, 0.05) is 47.8 Å². The standard InChI is InChI=1S/C40H49N3O6S/c1-6-7-8-9-10-21-49-32-17-15-28(16-18-32)31-24-41-37(42-25-31)29-13-11-27(12-14-29)22-30(38(45)43-33(26-48-5)39(46)47)23-34(44)35-19-20-36(50-35)40(2,3)4/h11-20,24-25,30,33H,6-10,21-23,26H2,1-5H3,(H,43,45)(H,46,47)/t30-,33?/m1/s1. The normalized spacial score (nSPS) is 12.7. The third-order valence-corrected chi connectivity index (χ3v) is 9.97. The second-order valence-corrected chi connectivity index (χ2v) is 14.7. The number of carboxylic acids is 1. The van der Waals surface area contributed by atoms with Crippen LogP contribution in [0.5, 0.6) is 5.75 Å². The van der Waals surface area contributed by atoms with Gasteiger partial charge in [0.05, 0.1) is 18.1 Å². The number of aliphatic carboxylic acids is 1. The van der Waals surface area contributed by atoms with Crippen molar-refractivity contribution in [2.24, 2.45) is 5.92 Å². The highest BCUT2D eigenvalue weighted by atomic mass is 32.1. The van der Waals surface area contributed by atoms with E-state index < -0.39 is 23.8 Å². The van der Waals surface area contributed by atoms with E-state index in [1.165, 1.54) is 44.1 Å². The average Bonchev–Trinajstić information content (AvgIpc) is 3.62. The number of methoxy groups -OCH3 is 1. The Bertz CT molecular complexity index is 1680. The van der Waals surface area contributed by atoms with Crippen LogP contribution < -0.4 is 10.1 Å². The van der Waals surface area contributed by atoms with Gasteiger partial charge in [-0.15, -0.1) is 11.3 Å². The first-order chi connectivity index (χ1) is 24.0. The number of ether oxygens (including phenoxy) is 2. The molecular weight excluding hydrogens is 651 g/mol. The highest BCUT2D eigenvalue weighted by Gasteiger charge is 2.29. The molecule has 0 aliphatic heterocycles. The summed E-state index contributed by atoms with van der Waals surface area (Å²) in [6.45, 7) is 9.00. The molecule has 10 heteroatoms. The fourth-order valence-electron chi connectivity index (χ4n) is 5.44. The number of nitrogens with one attached hydrogen (secondary N) is 1. The largest absolute Gasteiger partial charge is 0.494 e. The van der Waals surface area contributed by atoms with Crippen molar-refractivity contribution in [1.82, 2.24) is 15.3 Å². The summed E-state index contributed by atoms with van der Waals surface area (Å²) in [5.74, 6) is -1.25. The minimum Gasteiger partial charge on any atom is -0.494 e. The molecule has 0 spiro atoms. The third kappa shape index (κ3) is 11.3. The van der Waals surface area contributed by atoms with Crippen LogP contribution in [0.1, 0.15) is 86.3 Å². The van der Waals surface area contributed by atoms with Gasteiger partial charge < -0.3 is 19.9 Å². The number of amides is 1. The smallest absolute Gasteiger partial charge is 0.328 e. The summed E-state index contributed by atoms with van der Waals surface area (Å²) in [5, 5.41) is 12.1. The number of carbonyl (C=O) groups is 3. The molecule has 50 heavy (non-hydrogen) atoms. The molecule has 0 radical (unpaired) electrons. The zero-order valence-electron chi connectivity index (χ0n) is 29.7. The zero-order chi connectivity index (χ0) is 36.1. The number of carboxylic acid groups (broad SMARTS) is 1. The van der Waals surface area contributed by atoms with E-state index in [0.29, 0.717) is 10.7 Å². The molecule has 0 aliphatic carbocycles. The summed E-state index contributed by atoms with van der Waals surface area (Å²) in [4.78, 5) is 49.3. The molecular formula is C40H49N3O6S. The van der Waals surface area contributed by atoms with Crippen LogP contribution in [0.4, 0.5) is 0 Å². The first-order valence-corrected chi connectivity index (χ1v) is 18.1. The number of hydrogen-bond acceptors (Lipinski definition) is 8. The Morgan fingerprint density at radius 1 is 0.860 bits per heavy atom. The fraction of sp³-hybridized carbons (Fsp3) is 0.425. The number of thiophene rings is 1. The van der Waals surface area contributed by atoms with Crippen molar-refractivity contribution in [1.29, 1.82) is 0 Å². The third-order valence-electron chi connectivity index (χ3n) is 8.42. The maximum atomic E-state index is 13.4. The van der Waals surface area contributed by atoms with Crippen molar-refractivity contribution in [2.45, 2.75) is 84.1 Å². The monoisotopic (exact) mass is 699 g/mol. The van der Waals surface area contributed by atoms with Crippen molar-refractivity contribution in [3.05, 3.63) is 88.4 Å². The van der Waals surface area contributed by atoms with E-state index in [4.69, 9.17) is 9.47 Å². The van der Waals surface area contributed by atoms with Gasteiger partial charge in [-0.2, -0.15) is 0 Å². The second-order valence-electron chi connectivity index (χ2n) is 13.6. The van der Waals surface area contributed by atoms with Crippen LogP contribution in [0.3, 0.4) is 0 Å². The minimum absolute atomic E-state index is 0.0618. The summed E-state index contributed by atoms with van der Waals surface area (Å²) < 4.78 is 10.9. The van der Waals surface area contributed by atoms with E-state index in [9.17, 15) is 19.5 Å². The number of benzene rings is 2. The number of rotatable bonds is 19. The Morgan fingerprint density at radius 3 is 2.12 bits per heavy atom. The average molecular weight is 700 g/mol. The quantitative estimate of drug-likeness (QED) is 0.0741. The fourth-order valence-corrected chi connectivity index (χ4v) is 6.46. The Kier molecular flexibility index (Phi) is 14.2. The molecule has 2 atom stereocenters. The molecule has 2 aromatic carbocycles. The van der Waals surface area contributed by atoms with Gasteiger partial charge in [0.1, 0.15) is 5.75 Å². The van der Waals surface area contributed by atoms with Crippen molar-refractivity contribution in [3.63, 3.8) is 0 Å². The van der Waals surface area contributed by atoms with Crippen LogP contribution in [0.25, 0.3) is 22.5 Å². The van der Waals surface area contributed by atoms with Gasteiger partial charge in [0.2, 0.25) is 5.91 Å². The molecule has 266 valence electrons. The maximum Gasteiger partial charge on any atom is 0.328 e. The molecule has 0 saturated heterocycles. The van der Waals surface area contributed by atoms with E-state index in [1.54, 1.807) is 18.5 Å². The second kappa shape index (κ2) is 18.5. The van der Waals surface area contributed by atoms with E-state index >= 15 is 0 Å². The highest BCUT2D eigenvalue weighted by molar-refractivity contribution is 7.14. The lowest BCUT2D eigenvalue weighted by Crippen LogP contribution is -2.47. The van der Waals surface area contributed by atoms with Crippen LogP contribution in [-0.4, -0.2) is 59.1 Å². The summed E-state index contributed by atoms with van der Waals surface area (Å²) in [5.41, 5.74) is 3.41. The van der Waals surface area contributed by atoms with Crippen molar-refractivity contribution in [3.8, 4) is 28.3 Å². The molecule has 9 nitrogen and oxygen atoms in total. The lowest BCUT2D eigenvalue weighted by molar-refractivity contribution is -0.144. The van der Waals surface area contributed by atoms with Gasteiger partial charge in [-0.05, 0) is 53.6 Å². The Hall–Kier alpha value is -4.41. The summed E-state index contributed by atoms with van der Waals surface area (Å²) in [7, 11) is 1.37. The number of carbonyl (C=O) groups excluding carboxylic acids is 2. The molecule has 2 N–H and O–H groups in total. The first-order valence-electron chi connectivity index (χ1n) is 17.3. The van der Waals surface area contributed by atoms with Gasteiger partial charge in [-0.25, -0.2) is 14.8 Å². The van der Waals surface area contributed by atoms with E-state index in [0.717, 1.165) is 45.9 Å². The van der Waals surface area contributed by atoms with Crippen LogP contribution in [0.2, 0.25) is 0 Å². The molecule has 2 heterocycles. The number of ketones is 1. The molecule has 1 unspecified atom stereocenters. The number of unbranched alkanes of at least 4 members (excludes halogenated alkanes) is 4. The molecule has 4 rings (SSSR count). The van der Waals surface area contributed by atoms with Gasteiger partial charge >= 0.3 is 5.97 Å². The SMILES string of the molecule is CCCCCCCOc1ccc(-c2cnc(-c3ccc(C[C@H](CC(=O)c4ccc(C(C)(C)C)s4)C(=O)NC(COC)C(=O)O)cc3)nc2)cc1. The number of aromatic nitrogens is 2. The van der Waals surface area contributed by atoms with Crippen LogP contribution in [0, 0.1) is 5.92 Å². The lowest BCUT2D eigenvalue weighted by atomic mass is 9.92. The minimum atomic E-state index is -1.22. The molecule has 0 bridgehead atoms. The summed E-state index contributed by atoms with van der Waals surface area (Å²) in [6.07, 6.45) is 9.77. The van der Waals surface area contributed by atoms with Gasteiger partial charge in [0.15, 0.2) is 17.6 Å². The Labute approximate surface area is 299 Å². The molecule has 0 fully saturated rings. The van der Waals surface area contributed by atoms with E-state index in [1.807, 2.05) is 54.6 Å². The number of nitrogens with zero attached hydrogens (tertiary/aromatic N) is 2. The van der Waals surface area contributed by atoms with E-state index in [2.05, 4.69) is 43.0 Å². The lowest BCUT2D eigenvalue weighted by Gasteiger charge is -2.20. The predicted octanol–water partition coefficient (Wildman–Crippen LogP) is 8.17. The van der Waals surface area contributed by atoms with Crippen LogP contribution in [-0.2, 0) is 26.2 Å². The van der Waals surface area contributed by atoms with Crippen LogP contribution >= 0.6 is 11.3 Å². The van der Waals surface area contributed by atoms with Crippen molar-refractivity contribution in [2.75, 3.05) is 20.3 Å². The van der Waals surface area contributed by atoms with Gasteiger partial charge in [0.25, 0.3) is 0 Å². The maximum absolute atomic E-state index is 13.4. The molecule has 4 aromatic rings. The summed E-state index contributed by atoms with van der Waals surface area (Å²) >= 11 is 1.42. The van der Waals surface area contributed by atoms with Gasteiger partial charge in [-0.3, -0.25) is 9.59 Å². The van der Waals surface area contributed by atoms with Crippen molar-refractivity contribution < 1.29 is 29.0 Å². The Morgan fingerprint density at radius 2 is 1.52 bits per heavy atom. The topological polar surface area (TPSA) is 128 Å². The van der Waals surface area contributed by atoms with E-state index in [-0.39, 0.29) is 30.6 Å². The summed E-state index contributed by atoms with van der Waals surface area (Å²) in [6, 6.07) is 18.0. The first kappa shape index (κ1) is 38.4. The Balaban J connectivity index is 1.42. The number of Topliss-reactive ketones (excluding diaryl/α,β-unsaturated/α-hetero) is 1. The number of hydrogen-bond donors (Lipinski definition) is 2.